The fourth-order valence-electron chi connectivity index (χ4n) is 1.93. The van der Waals surface area contributed by atoms with Crippen LogP contribution in [0, 0.1) is 0 Å². The van der Waals surface area contributed by atoms with Crippen molar-refractivity contribution in [1.82, 2.24) is 0 Å². The van der Waals surface area contributed by atoms with E-state index in [1.54, 1.807) is 0 Å². The van der Waals surface area contributed by atoms with Crippen molar-refractivity contribution in [3.05, 3.63) is 28.2 Å². The number of hydrogen-bond donors (Lipinski definition) is 1. The first-order chi connectivity index (χ1) is 8.06. The second-order valence-corrected chi connectivity index (χ2v) is 5.42. The van der Waals surface area contributed by atoms with Crippen molar-refractivity contribution in [1.29, 1.82) is 0 Å². The third-order valence-electron chi connectivity index (χ3n) is 2.95. The smallest absolute Gasteiger partial charge is 0.0782 e. The second-order valence-electron chi connectivity index (χ2n) is 4.51. The summed E-state index contributed by atoms with van der Waals surface area (Å²) in [5.74, 6) is 0. The molecule has 2 nitrogen and oxygen atoms in total. The molecule has 96 valence electrons. The minimum absolute atomic E-state index is 0.434. The molecule has 0 radical (unpaired) electrons. The number of rotatable bonds is 6. The molecule has 0 amide bonds. The third kappa shape index (κ3) is 4.32. The van der Waals surface area contributed by atoms with Crippen molar-refractivity contribution in [2.45, 2.75) is 39.2 Å². The largest absolute Gasteiger partial charge is 0.389 e. The van der Waals surface area contributed by atoms with Gasteiger partial charge < -0.3 is 10.0 Å². The zero-order valence-corrected chi connectivity index (χ0v) is 12.5. The maximum absolute atomic E-state index is 9.80. The summed E-state index contributed by atoms with van der Waals surface area (Å²) in [5, 5.41) is 9.80. The molecule has 0 aliphatic rings. The van der Waals surface area contributed by atoms with Gasteiger partial charge in [-0.3, -0.25) is 0 Å². The predicted molar refractivity (Wildman–Crippen MR) is 77.6 cm³/mol. The van der Waals surface area contributed by atoms with Gasteiger partial charge in [0.05, 0.1) is 6.10 Å². The molecule has 0 heterocycles. The molecule has 0 aromatic heterocycles. The SMILES string of the molecule is CCCCCN(C)c1ccc(Br)cc1C(C)O. The van der Waals surface area contributed by atoms with Crippen LogP contribution in [0.15, 0.2) is 22.7 Å². The summed E-state index contributed by atoms with van der Waals surface area (Å²) in [6, 6.07) is 6.09. The van der Waals surface area contributed by atoms with Gasteiger partial charge in [0.1, 0.15) is 0 Å². The molecule has 1 rings (SSSR count). The summed E-state index contributed by atoms with van der Waals surface area (Å²) in [7, 11) is 2.09. The standard InChI is InChI=1S/C14H22BrNO/c1-4-5-6-9-16(3)14-8-7-12(15)10-13(14)11(2)17/h7-8,10-11,17H,4-6,9H2,1-3H3. The minimum atomic E-state index is -0.434. The van der Waals surface area contributed by atoms with Crippen LogP contribution in [0.25, 0.3) is 0 Å². The predicted octanol–water partition coefficient (Wildman–Crippen LogP) is 4.13. The van der Waals surface area contributed by atoms with Crippen LogP contribution in [0.4, 0.5) is 5.69 Å². The van der Waals surface area contributed by atoms with E-state index in [0.717, 1.165) is 22.3 Å². The Kier molecular flexibility index (Phi) is 6.00. The average Bonchev–Trinajstić information content (AvgIpc) is 2.29. The number of nitrogens with zero attached hydrogens (tertiary/aromatic N) is 1. The number of benzene rings is 1. The Hall–Kier alpha value is -0.540. The number of aliphatic hydroxyl groups is 1. The molecule has 1 N–H and O–H groups in total. The van der Waals surface area contributed by atoms with Crippen LogP contribution in [-0.2, 0) is 0 Å². The normalized spacial score (nSPS) is 12.5. The molecule has 1 aromatic rings. The van der Waals surface area contributed by atoms with E-state index >= 15 is 0 Å². The number of halogens is 1. The Morgan fingerprint density at radius 2 is 2.06 bits per heavy atom. The first-order valence-electron chi connectivity index (χ1n) is 6.25. The lowest BCUT2D eigenvalue weighted by atomic mass is 10.1. The lowest BCUT2D eigenvalue weighted by molar-refractivity contribution is 0.199. The zero-order chi connectivity index (χ0) is 12.8. The van der Waals surface area contributed by atoms with E-state index in [2.05, 4.69) is 40.9 Å². The Morgan fingerprint density at radius 1 is 1.35 bits per heavy atom. The molecule has 0 saturated carbocycles. The Balaban J connectivity index is 2.81. The maximum atomic E-state index is 9.80. The summed E-state index contributed by atoms with van der Waals surface area (Å²) in [4.78, 5) is 2.23. The Morgan fingerprint density at radius 3 is 2.65 bits per heavy atom. The highest BCUT2D eigenvalue weighted by atomic mass is 79.9. The number of unbranched alkanes of at least 4 members (excludes halogenated alkanes) is 2. The highest BCUT2D eigenvalue weighted by Gasteiger charge is 2.11. The lowest BCUT2D eigenvalue weighted by Gasteiger charge is -2.24. The van der Waals surface area contributed by atoms with Crippen LogP contribution in [0.1, 0.15) is 44.8 Å². The van der Waals surface area contributed by atoms with E-state index in [-0.39, 0.29) is 0 Å². The highest BCUT2D eigenvalue weighted by molar-refractivity contribution is 9.10. The molecule has 17 heavy (non-hydrogen) atoms. The molecular weight excluding hydrogens is 278 g/mol. The van der Waals surface area contributed by atoms with Gasteiger partial charge in [-0.15, -0.1) is 0 Å². The summed E-state index contributed by atoms with van der Waals surface area (Å²) in [5.41, 5.74) is 2.11. The fourth-order valence-corrected chi connectivity index (χ4v) is 2.31. The van der Waals surface area contributed by atoms with E-state index in [9.17, 15) is 5.11 Å². The van der Waals surface area contributed by atoms with Crippen molar-refractivity contribution in [3.63, 3.8) is 0 Å². The molecule has 0 fully saturated rings. The second kappa shape index (κ2) is 7.02. The van der Waals surface area contributed by atoms with Crippen molar-refractivity contribution in [2.24, 2.45) is 0 Å². The van der Waals surface area contributed by atoms with Gasteiger partial charge in [-0.25, -0.2) is 0 Å². The zero-order valence-electron chi connectivity index (χ0n) is 10.9. The monoisotopic (exact) mass is 299 g/mol. The van der Waals surface area contributed by atoms with E-state index in [1.165, 1.54) is 19.3 Å². The van der Waals surface area contributed by atoms with Crippen LogP contribution >= 0.6 is 15.9 Å². The molecule has 0 bridgehead atoms. The third-order valence-corrected chi connectivity index (χ3v) is 3.44. The molecular formula is C14H22BrNO. The van der Waals surface area contributed by atoms with Gasteiger partial charge in [0.2, 0.25) is 0 Å². The van der Waals surface area contributed by atoms with Crippen LogP contribution in [0.5, 0.6) is 0 Å². The van der Waals surface area contributed by atoms with Crippen molar-refractivity contribution in [2.75, 3.05) is 18.5 Å². The summed E-state index contributed by atoms with van der Waals surface area (Å²) in [6.07, 6.45) is 3.25. The number of aliphatic hydroxyl groups excluding tert-OH is 1. The van der Waals surface area contributed by atoms with E-state index in [4.69, 9.17) is 0 Å². The lowest BCUT2D eigenvalue weighted by Crippen LogP contribution is -2.20. The molecule has 1 atom stereocenters. The summed E-state index contributed by atoms with van der Waals surface area (Å²) in [6.45, 7) is 5.06. The van der Waals surface area contributed by atoms with Crippen molar-refractivity contribution >= 4 is 21.6 Å². The van der Waals surface area contributed by atoms with Gasteiger partial charge >= 0.3 is 0 Å². The van der Waals surface area contributed by atoms with Crippen molar-refractivity contribution < 1.29 is 5.11 Å². The molecule has 1 unspecified atom stereocenters. The topological polar surface area (TPSA) is 23.5 Å². The maximum Gasteiger partial charge on any atom is 0.0782 e. The van der Waals surface area contributed by atoms with E-state index in [0.29, 0.717) is 0 Å². The minimum Gasteiger partial charge on any atom is -0.389 e. The van der Waals surface area contributed by atoms with E-state index < -0.39 is 6.10 Å². The fraction of sp³-hybridized carbons (Fsp3) is 0.571. The molecule has 0 aliphatic carbocycles. The Bertz CT molecular complexity index is 352. The van der Waals surface area contributed by atoms with Crippen LogP contribution in [0.3, 0.4) is 0 Å². The van der Waals surface area contributed by atoms with E-state index in [1.807, 2.05) is 19.1 Å². The van der Waals surface area contributed by atoms with Gasteiger partial charge in [-0.2, -0.15) is 0 Å². The summed E-state index contributed by atoms with van der Waals surface area (Å²) >= 11 is 3.45. The van der Waals surface area contributed by atoms with Crippen LogP contribution in [-0.4, -0.2) is 18.7 Å². The molecule has 0 spiro atoms. The number of anilines is 1. The van der Waals surface area contributed by atoms with Crippen LogP contribution < -0.4 is 4.90 Å². The molecule has 0 aliphatic heterocycles. The Labute approximate surface area is 113 Å². The van der Waals surface area contributed by atoms with Gasteiger partial charge in [-0.05, 0) is 31.5 Å². The highest BCUT2D eigenvalue weighted by Crippen LogP contribution is 2.29. The van der Waals surface area contributed by atoms with Gasteiger partial charge in [0, 0.05) is 29.3 Å². The molecule has 3 heteroatoms. The van der Waals surface area contributed by atoms with Gasteiger partial charge in [0.25, 0.3) is 0 Å². The summed E-state index contributed by atoms with van der Waals surface area (Å²) < 4.78 is 1.01. The quantitative estimate of drug-likeness (QED) is 0.799. The van der Waals surface area contributed by atoms with Gasteiger partial charge in [-0.1, -0.05) is 35.7 Å². The average molecular weight is 300 g/mol. The van der Waals surface area contributed by atoms with Gasteiger partial charge in [0.15, 0.2) is 0 Å². The first kappa shape index (κ1) is 14.5. The molecule has 0 saturated heterocycles. The van der Waals surface area contributed by atoms with Crippen LogP contribution in [0.2, 0.25) is 0 Å². The molecule has 1 aromatic carbocycles. The first-order valence-corrected chi connectivity index (χ1v) is 7.04. The number of hydrogen-bond acceptors (Lipinski definition) is 2. The van der Waals surface area contributed by atoms with Crippen molar-refractivity contribution in [3.8, 4) is 0 Å².